The summed E-state index contributed by atoms with van der Waals surface area (Å²) < 4.78 is 44.2. The zero-order chi connectivity index (χ0) is 15.6. The van der Waals surface area contributed by atoms with E-state index in [-0.39, 0.29) is 17.1 Å². The summed E-state index contributed by atoms with van der Waals surface area (Å²) in [7, 11) is 0. The fourth-order valence-corrected chi connectivity index (χ4v) is 1.64. The molecule has 21 heavy (non-hydrogen) atoms. The summed E-state index contributed by atoms with van der Waals surface area (Å²) in [6.45, 7) is 1.69. The largest absolute Gasteiger partial charge is 0.436 e. The number of nitrogen functional groups attached to an aromatic ring is 1. The van der Waals surface area contributed by atoms with Crippen LogP contribution >= 0.6 is 0 Å². The molecule has 0 atom stereocenters. The number of halogens is 3. The topological polar surface area (TPSA) is 71.9 Å². The minimum atomic E-state index is -4.65. The van der Waals surface area contributed by atoms with Gasteiger partial charge in [-0.3, -0.25) is 0 Å². The number of pyridine rings is 1. The Morgan fingerprint density at radius 2 is 2.00 bits per heavy atom. The Morgan fingerprint density at radius 1 is 1.29 bits per heavy atom. The molecule has 4 nitrogen and oxygen atoms in total. The van der Waals surface area contributed by atoms with Crippen molar-refractivity contribution in [1.29, 1.82) is 5.26 Å². The first kappa shape index (κ1) is 14.7. The van der Waals surface area contributed by atoms with Crippen LogP contribution in [0.4, 0.5) is 18.9 Å². The maximum absolute atomic E-state index is 13.0. The Balaban J connectivity index is 2.50. The molecular weight excluding hydrogens is 283 g/mol. The summed E-state index contributed by atoms with van der Waals surface area (Å²) in [5, 5.41) is 8.70. The van der Waals surface area contributed by atoms with E-state index in [4.69, 9.17) is 15.7 Å². The average Bonchev–Trinajstić information content (AvgIpc) is 2.43. The maximum atomic E-state index is 13.0. The summed E-state index contributed by atoms with van der Waals surface area (Å²) in [5.41, 5.74) is 5.36. The van der Waals surface area contributed by atoms with Crippen molar-refractivity contribution in [3.63, 3.8) is 0 Å². The molecule has 0 spiro atoms. The van der Waals surface area contributed by atoms with Crippen LogP contribution in [0.3, 0.4) is 0 Å². The Kier molecular flexibility index (Phi) is 3.72. The van der Waals surface area contributed by atoms with Gasteiger partial charge in [-0.15, -0.1) is 0 Å². The van der Waals surface area contributed by atoms with Crippen LogP contribution in [0.1, 0.15) is 16.7 Å². The lowest BCUT2D eigenvalue weighted by Gasteiger charge is -2.14. The standard InChI is InChI=1S/C14H10F3N3O/c1-8-4-5-20-13(12(8)19)21-11-3-2-9(7-18)6-10(11)14(15,16)17/h2-6H,19H2,1H3. The second-order valence-corrected chi connectivity index (χ2v) is 4.27. The smallest absolute Gasteiger partial charge is 0.420 e. The maximum Gasteiger partial charge on any atom is 0.420 e. The van der Waals surface area contributed by atoms with Crippen molar-refractivity contribution in [2.24, 2.45) is 0 Å². The van der Waals surface area contributed by atoms with E-state index >= 15 is 0 Å². The lowest BCUT2D eigenvalue weighted by atomic mass is 10.1. The third-order valence-electron chi connectivity index (χ3n) is 2.79. The van der Waals surface area contributed by atoms with Crippen LogP contribution in [-0.2, 0) is 6.18 Å². The highest BCUT2D eigenvalue weighted by molar-refractivity contribution is 5.56. The van der Waals surface area contributed by atoms with Crippen LogP contribution in [0.15, 0.2) is 30.5 Å². The molecule has 0 saturated heterocycles. The normalized spacial score (nSPS) is 11.0. The Bertz CT molecular complexity index is 720. The van der Waals surface area contributed by atoms with Gasteiger partial charge < -0.3 is 10.5 Å². The Hall–Kier alpha value is -2.75. The minimum absolute atomic E-state index is 0.106. The summed E-state index contributed by atoms with van der Waals surface area (Å²) >= 11 is 0. The van der Waals surface area contributed by atoms with Crippen LogP contribution < -0.4 is 10.5 Å². The van der Waals surface area contributed by atoms with Crippen molar-refractivity contribution in [1.82, 2.24) is 4.98 Å². The van der Waals surface area contributed by atoms with Gasteiger partial charge in [0.2, 0.25) is 5.88 Å². The average molecular weight is 293 g/mol. The molecule has 0 saturated carbocycles. The number of rotatable bonds is 2. The first-order chi connectivity index (χ1) is 9.82. The summed E-state index contributed by atoms with van der Waals surface area (Å²) in [6, 6.07) is 6.30. The lowest BCUT2D eigenvalue weighted by molar-refractivity contribution is -0.138. The molecular formula is C14H10F3N3O. The predicted molar refractivity (Wildman–Crippen MR) is 69.6 cm³/mol. The fraction of sp³-hybridized carbons (Fsp3) is 0.143. The van der Waals surface area contributed by atoms with E-state index < -0.39 is 17.5 Å². The second-order valence-electron chi connectivity index (χ2n) is 4.27. The molecule has 0 amide bonds. The van der Waals surface area contributed by atoms with Gasteiger partial charge in [0.25, 0.3) is 0 Å². The van der Waals surface area contributed by atoms with E-state index in [2.05, 4.69) is 4.98 Å². The highest BCUT2D eigenvalue weighted by Gasteiger charge is 2.35. The lowest BCUT2D eigenvalue weighted by Crippen LogP contribution is -2.08. The van der Waals surface area contributed by atoms with Gasteiger partial charge in [0.1, 0.15) is 5.75 Å². The van der Waals surface area contributed by atoms with Gasteiger partial charge in [0.05, 0.1) is 22.9 Å². The van der Waals surface area contributed by atoms with Gasteiger partial charge in [0, 0.05) is 6.20 Å². The third kappa shape index (κ3) is 3.05. The number of nitriles is 1. The van der Waals surface area contributed by atoms with Crippen molar-refractivity contribution < 1.29 is 17.9 Å². The van der Waals surface area contributed by atoms with Crippen LogP contribution in [0.5, 0.6) is 11.6 Å². The molecule has 0 fully saturated rings. The van der Waals surface area contributed by atoms with Crippen LogP contribution in [0.2, 0.25) is 0 Å². The molecule has 1 heterocycles. The zero-order valence-electron chi connectivity index (χ0n) is 10.9. The Morgan fingerprint density at radius 3 is 2.62 bits per heavy atom. The summed E-state index contributed by atoms with van der Waals surface area (Å²) in [4.78, 5) is 3.82. The van der Waals surface area contributed by atoms with Crippen molar-refractivity contribution >= 4 is 5.69 Å². The molecule has 0 aliphatic rings. The molecule has 1 aromatic heterocycles. The van der Waals surface area contributed by atoms with Crippen LogP contribution in [0, 0.1) is 18.3 Å². The van der Waals surface area contributed by atoms with Gasteiger partial charge in [-0.2, -0.15) is 18.4 Å². The van der Waals surface area contributed by atoms with Crippen molar-refractivity contribution in [3.05, 3.63) is 47.2 Å². The zero-order valence-corrected chi connectivity index (χ0v) is 10.9. The summed E-state index contributed by atoms with van der Waals surface area (Å²) in [6.07, 6.45) is -3.27. The molecule has 0 unspecified atom stereocenters. The van der Waals surface area contributed by atoms with E-state index in [1.54, 1.807) is 19.1 Å². The Labute approximate surface area is 118 Å². The number of nitrogens with zero attached hydrogens (tertiary/aromatic N) is 2. The molecule has 0 bridgehead atoms. The number of hydrogen-bond acceptors (Lipinski definition) is 4. The highest BCUT2D eigenvalue weighted by atomic mass is 19.4. The monoisotopic (exact) mass is 293 g/mol. The van der Waals surface area contributed by atoms with E-state index in [0.717, 1.165) is 12.1 Å². The number of hydrogen-bond donors (Lipinski definition) is 1. The molecule has 0 radical (unpaired) electrons. The van der Waals surface area contributed by atoms with Gasteiger partial charge in [-0.1, -0.05) is 0 Å². The first-order valence-electron chi connectivity index (χ1n) is 5.83. The summed E-state index contributed by atoms with van der Waals surface area (Å²) in [5.74, 6) is -0.559. The number of aryl methyl sites for hydroxylation is 1. The predicted octanol–water partition coefficient (Wildman–Crippen LogP) is 3.66. The molecule has 2 aromatic rings. The van der Waals surface area contributed by atoms with Gasteiger partial charge in [-0.25, -0.2) is 4.98 Å². The van der Waals surface area contributed by atoms with Crippen molar-refractivity contribution in [2.45, 2.75) is 13.1 Å². The number of alkyl halides is 3. The fourth-order valence-electron chi connectivity index (χ4n) is 1.64. The minimum Gasteiger partial charge on any atom is -0.436 e. The molecule has 108 valence electrons. The quantitative estimate of drug-likeness (QED) is 0.917. The van der Waals surface area contributed by atoms with Crippen molar-refractivity contribution in [3.8, 4) is 17.7 Å². The highest BCUT2D eigenvalue weighted by Crippen LogP contribution is 2.39. The molecule has 7 heteroatoms. The van der Waals surface area contributed by atoms with Crippen molar-refractivity contribution in [2.75, 3.05) is 5.73 Å². The molecule has 2 N–H and O–H groups in total. The van der Waals surface area contributed by atoms with E-state index in [9.17, 15) is 13.2 Å². The molecule has 0 aliphatic heterocycles. The second kappa shape index (κ2) is 5.32. The van der Waals surface area contributed by atoms with Crippen LogP contribution in [-0.4, -0.2) is 4.98 Å². The number of aromatic nitrogens is 1. The third-order valence-corrected chi connectivity index (χ3v) is 2.79. The molecule has 1 aromatic carbocycles. The van der Waals surface area contributed by atoms with Gasteiger partial charge in [0.15, 0.2) is 0 Å². The van der Waals surface area contributed by atoms with E-state index in [1.807, 2.05) is 0 Å². The van der Waals surface area contributed by atoms with E-state index in [1.165, 1.54) is 12.3 Å². The molecule has 2 rings (SSSR count). The van der Waals surface area contributed by atoms with Crippen LogP contribution in [0.25, 0.3) is 0 Å². The first-order valence-corrected chi connectivity index (χ1v) is 5.83. The molecule has 0 aliphatic carbocycles. The van der Waals surface area contributed by atoms with Gasteiger partial charge in [-0.05, 0) is 36.8 Å². The van der Waals surface area contributed by atoms with E-state index in [0.29, 0.717) is 5.56 Å². The van der Waals surface area contributed by atoms with Gasteiger partial charge >= 0.3 is 6.18 Å². The number of anilines is 1. The number of nitrogens with two attached hydrogens (primary N) is 1. The number of benzene rings is 1. The SMILES string of the molecule is Cc1ccnc(Oc2ccc(C#N)cc2C(F)(F)F)c1N. The number of ether oxygens (including phenoxy) is 1.